The molecule has 0 saturated heterocycles. The minimum Gasteiger partial charge on any atom is -0.318 e. The second kappa shape index (κ2) is 7.48. The van der Waals surface area contributed by atoms with Gasteiger partial charge in [-0.1, -0.05) is 25.1 Å². The van der Waals surface area contributed by atoms with Crippen molar-refractivity contribution < 1.29 is 4.79 Å². The van der Waals surface area contributed by atoms with Crippen LogP contribution in [0.15, 0.2) is 46.0 Å². The quantitative estimate of drug-likeness (QED) is 0.741. The van der Waals surface area contributed by atoms with E-state index in [-0.39, 0.29) is 17.3 Å². The SMILES string of the molecule is CCCC1=NN2C(=N)/C(=C/c3cc(C)n(-c4ccccc4C)c3C)C(=O)N=C2S1. The number of rotatable bonds is 4. The Morgan fingerprint density at radius 2 is 1.97 bits per heavy atom. The van der Waals surface area contributed by atoms with Crippen LogP contribution < -0.4 is 0 Å². The smallest absolute Gasteiger partial charge is 0.283 e. The molecule has 1 aromatic heterocycles. The molecule has 0 spiro atoms. The minimum atomic E-state index is -0.387. The van der Waals surface area contributed by atoms with E-state index in [1.807, 2.05) is 32.0 Å². The third kappa shape index (κ3) is 3.35. The van der Waals surface area contributed by atoms with E-state index < -0.39 is 0 Å². The summed E-state index contributed by atoms with van der Waals surface area (Å²) >= 11 is 1.38. The van der Waals surface area contributed by atoms with Crippen LogP contribution in [-0.4, -0.2) is 31.5 Å². The van der Waals surface area contributed by atoms with E-state index in [4.69, 9.17) is 5.41 Å². The van der Waals surface area contributed by atoms with E-state index in [0.29, 0.717) is 5.17 Å². The summed E-state index contributed by atoms with van der Waals surface area (Å²) < 4.78 is 2.18. The van der Waals surface area contributed by atoms with Crippen LogP contribution in [0.5, 0.6) is 0 Å². The van der Waals surface area contributed by atoms with Crippen LogP contribution in [0.1, 0.15) is 42.3 Å². The number of nitrogens with zero attached hydrogens (tertiary/aromatic N) is 4. The van der Waals surface area contributed by atoms with E-state index in [9.17, 15) is 4.79 Å². The van der Waals surface area contributed by atoms with Crippen LogP contribution in [0.4, 0.5) is 0 Å². The number of benzene rings is 1. The van der Waals surface area contributed by atoms with Crippen LogP contribution in [0.2, 0.25) is 0 Å². The number of aliphatic imine (C=N–C) groups is 1. The largest absolute Gasteiger partial charge is 0.318 e. The zero-order valence-corrected chi connectivity index (χ0v) is 17.8. The summed E-state index contributed by atoms with van der Waals surface area (Å²) in [5.41, 5.74) is 5.55. The van der Waals surface area contributed by atoms with Crippen LogP contribution in [-0.2, 0) is 4.79 Å². The van der Waals surface area contributed by atoms with Crippen molar-refractivity contribution in [1.82, 2.24) is 9.58 Å². The normalized spacial score (nSPS) is 17.7. The molecule has 7 heteroatoms. The Morgan fingerprint density at radius 3 is 2.69 bits per heavy atom. The van der Waals surface area contributed by atoms with Gasteiger partial charge < -0.3 is 4.57 Å². The average Bonchev–Trinajstić information content (AvgIpc) is 3.20. The number of amidine groups is 2. The number of para-hydroxylation sites is 1. The van der Waals surface area contributed by atoms with E-state index in [1.165, 1.54) is 22.3 Å². The lowest BCUT2D eigenvalue weighted by atomic mass is 10.1. The molecule has 2 aliphatic rings. The zero-order valence-electron chi connectivity index (χ0n) is 17.0. The van der Waals surface area contributed by atoms with Crippen molar-refractivity contribution in [2.75, 3.05) is 0 Å². The molecular formula is C22H23N5OS. The highest BCUT2D eigenvalue weighted by Gasteiger charge is 2.35. The van der Waals surface area contributed by atoms with Gasteiger partial charge in [-0.2, -0.15) is 15.1 Å². The van der Waals surface area contributed by atoms with Crippen LogP contribution in [0, 0.1) is 26.2 Å². The summed E-state index contributed by atoms with van der Waals surface area (Å²) in [6, 6.07) is 10.3. The van der Waals surface area contributed by atoms with Crippen LogP contribution in [0.25, 0.3) is 11.8 Å². The highest BCUT2D eigenvalue weighted by molar-refractivity contribution is 8.26. The first-order valence-corrected chi connectivity index (χ1v) is 10.5. The zero-order chi connectivity index (χ0) is 20.7. The second-order valence-electron chi connectivity index (χ2n) is 7.21. The number of fused-ring (bicyclic) bond motifs is 1. The molecule has 148 valence electrons. The van der Waals surface area contributed by atoms with Gasteiger partial charge in [-0.3, -0.25) is 10.2 Å². The average molecular weight is 406 g/mol. The maximum Gasteiger partial charge on any atom is 0.283 e. The monoisotopic (exact) mass is 405 g/mol. The Kier molecular flexibility index (Phi) is 5.00. The highest BCUT2D eigenvalue weighted by atomic mass is 32.2. The number of aryl methyl sites for hydroxylation is 2. The number of carbonyl (C=O) groups excluding carboxylic acids is 1. The van der Waals surface area contributed by atoms with Crippen molar-refractivity contribution in [2.45, 2.75) is 40.5 Å². The Labute approximate surface area is 174 Å². The molecule has 1 aromatic carbocycles. The van der Waals surface area contributed by atoms with Crippen molar-refractivity contribution in [3.63, 3.8) is 0 Å². The van der Waals surface area contributed by atoms with Crippen LogP contribution >= 0.6 is 11.8 Å². The number of amides is 1. The van der Waals surface area contributed by atoms with Gasteiger partial charge in [0.25, 0.3) is 5.91 Å². The summed E-state index contributed by atoms with van der Waals surface area (Å²) in [6.07, 6.45) is 3.54. The number of hydrogen-bond acceptors (Lipinski definition) is 4. The molecule has 0 atom stereocenters. The first-order chi connectivity index (χ1) is 13.9. The van der Waals surface area contributed by atoms with Gasteiger partial charge in [0.1, 0.15) is 5.04 Å². The standard InChI is InChI=1S/C22H23N5OS/c1-5-8-19-25-27-20(23)17(21(28)24-22(27)29-19)12-16-11-14(3)26(15(16)4)18-10-7-6-9-13(18)2/h6-7,9-12,23H,5,8H2,1-4H3/b17-12-,23-20?. The van der Waals surface area contributed by atoms with Crippen molar-refractivity contribution in [2.24, 2.45) is 10.1 Å². The number of hydrazone groups is 1. The Bertz CT molecular complexity index is 1120. The molecule has 0 saturated carbocycles. The molecule has 3 heterocycles. The Morgan fingerprint density at radius 1 is 1.21 bits per heavy atom. The molecule has 1 amide bonds. The van der Waals surface area contributed by atoms with Gasteiger partial charge in [-0.25, -0.2) is 0 Å². The molecule has 2 aromatic rings. The number of nitrogens with one attached hydrogen (secondary N) is 1. The molecule has 0 aliphatic carbocycles. The predicted octanol–water partition coefficient (Wildman–Crippen LogP) is 4.82. The molecule has 4 rings (SSSR count). The van der Waals surface area contributed by atoms with Crippen molar-refractivity contribution >= 4 is 39.8 Å². The lowest BCUT2D eigenvalue weighted by molar-refractivity contribution is -0.114. The van der Waals surface area contributed by atoms with Crippen molar-refractivity contribution in [3.8, 4) is 5.69 Å². The second-order valence-corrected chi connectivity index (χ2v) is 8.25. The minimum absolute atomic E-state index is 0.0827. The van der Waals surface area contributed by atoms with Gasteiger partial charge in [0.2, 0.25) is 5.17 Å². The number of carbonyl (C=O) groups is 1. The fourth-order valence-electron chi connectivity index (χ4n) is 3.62. The molecule has 0 bridgehead atoms. The Balaban J connectivity index is 1.74. The van der Waals surface area contributed by atoms with Gasteiger partial charge >= 0.3 is 0 Å². The van der Waals surface area contributed by atoms with Gasteiger partial charge in [0.05, 0.1) is 5.57 Å². The van der Waals surface area contributed by atoms with Gasteiger partial charge in [-0.05, 0) is 74.7 Å². The van der Waals surface area contributed by atoms with Crippen molar-refractivity contribution in [1.29, 1.82) is 5.41 Å². The molecule has 1 N–H and O–H groups in total. The summed E-state index contributed by atoms with van der Waals surface area (Å²) in [4.78, 5) is 16.8. The maximum atomic E-state index is 12.6. The van der Waals surface area contributed by atoms with Gasteiger partial charge in [0.15, 0.2) is 5.84 Å². The fraction of sp³-hybridized carbons (Fsp3) is 0.273. The summed E-state index contributed by atoms with van der Waals surface area (Å²) in [6.45, 7) is 8.24. The molecule has 6 nitrogen and oxygen atoms in total. The van der Waals surface area contributed by atoms with Crippen molar-refractivity contribution in [3.05, 3.63) is 58.4 Å². The lowest BCUT2D eigenvalue weighted by Gasteiger charge is -2.20. The van der Waals surface area contributed by atoms with Crippen LogP contribution in [0.3, 0.4) is 0 Å². The molecule has 29 heavy (non-hydrogen) atoms. The highest BCUT2D eigenvalue weighted by Crippen LogP contribution is 2.31. The van der Waals surface area contributed by atoms with Gasteiger partial charge in [-0.15, -0.1) is 0 Å². The number of thioether (sulfide) groups is 1. The van der Waals surface area contributed by atoms with E-state index in [0.717, 1.165) is 40.5 Å². The molecule has 0 fully saturated rings. The number of aromatic nitrogens is 1. The third-order valence-electron chi connectivity index (χ3n) is 5.09. The number of hydrogen-bond donors (Lipinski definition) is 1. The third-order valence-corrected chi connectivity index (χ3v) is 6.05. The fourth-order valence-corrected chi connectivity index (χ4v) is 4.61. The lowest BCUT2D eigenvalue weighted by Crippen LogP contribution is -2.35. The predicted molar refractivity (Wildman–Crippen MR) is 120 cm³/mol. The first-order valence-electron chi connectivity index (χ1n) is 9.64. The molecule has 0 unspecified atom stereocenters. The maximum absolute atomic E-state index is 12.6. The molecule has 2 aliphatic heterocycles. The van der Waals surface area contributed by atoms with Gasteiger partial charge in [0, 0.05) is 17.1 Å². The summed E-state index contributed by atoms with van der Waals surface area (Å²) in [7, 11) is 0. The summed E-state index contributed by atoms with van der Waals surface area (Å²) in [5, 5.41) is 15.8. The van der Waals surface area contributed by atoms with E-state index in [2.05, 4.69) is 40.6 Å². The van der Waals surface area contributed by atoms with E-state index >= 15 is 0 Å². The Hall–Kier alpha value is -2.93. The van der Waals surface area contributed by atoms with E-state index in [1.54, 1.807) is 6.08 Å². The molecular weight excluding hydrogens is 382 g/mol. The molecule has 0 radical (unpaired) electrons. The summed E-state index contributed by atoms with van der Waals surface area (Å²) in [5.74, 6) is -0.304. The first kappa shape index (κ1) is 19.4. The topological polar surface area (TPSA) is 73.8 Å².